The van der Waals surface area contributed by atoms with Crippen molar-refractivity contribution >= 4 is 32.3 Å². The quantitative estimate of drug-likeness (QED) is 0.158. The molecule has 0 unspecified atom stereocenters. The summed E-state index contributed by atoms with van der Waals surface area (Å²) in [6, 6.07) is 51.8. The van der Waals surface area contributed by atoms with Gasteiger partial charge in [0.05, 0.1) is 0 Å². The molecule has 56 heavy (non-hydrogen) atoms. The van der Waals surface area contributed by atoms with Crippen LogP contribution in [-0.4, -0.2) is 0 Å². The average Bonchev–Trinajstić information content (AvgIpc) is 3.15. The second-order valence-electron chi connectivity index (χ2n) is 20.3. The predicted octanol–water partition coefficient (Wildman–Crippen LogP) is 16.4. The maximum atomic E-state index is 2.46. The first-order valence-electron chi connectivity index (χ1n) is 20.5. The van der Waals surface area contributed by atoms with Crippen LogP contribution in [0.4, 0.5) is 0 Å². The van der Waals surface area contributed by atoms with Gasteiger partial charge in [0.15, 0.2) is 0 Å². The van der Waals surface area contributed by atoms with Crippen LogP contribution >= 0.6 is 0 Å². The van der Waals surface area contributed by atoms with Crippen LogP contribution in [-0.2, 0) is 21.7 Å². The Kier molecular flexibility index (Phi) is 8.89. The van der Waals surface area contributed by atoms with Crippen LogP contribution in [0.1, 0.15) is 105 Å². The van der Waals surface area contributed by atoms with Crippen molar-refractivity contribution in [3.05, 3.63) is 156 Å². The van der Waals surface area contributed by atoms with Gasteiger partial charge in [-0.3, -0.25) is 0 Å². The summed E-state index contributed by atoms with van der Waals surface area (Å²) in [6.45, 7) is 27.5. The maximum absolute atomic E-state index is 2.46. The number of hydrogen-bond donors (Lipinski definition) is 0. The highest BCUT2D eigenvalue weighted by molar-refractivity contribution is 6.32. The van der Waals surface area contributed by atoms with Crippen LogP contribution in [0.3, 0.4) is 0 Å². The zero-order chi connectivity index (χ0) is 39.9. The topological polar surface area (TPSA) is 0 Å². The standard InChI is InChI=1S/C56H58/c1-53(2,3)39-21-13-35(14-22-39)47-33-48(36-15-23-40(24-16-36)54(4,5)6)44-31-32-46-50(38-19-27-42(28-20-38)56(10,11)12)34-49(45-30-29-43(47)51(44)52(45)46)37-17-25-41(26-18-37)55(7,8)9/h13-34H,1-12H3. The summed E-state index contributed by atoms with van der Waals surface area (Å²) in [5.41, 5.74) is 15.8. The molecule has 0 nitrogen and oxygen atoms in total. The first kappa shape index (κ1) is 37.7. The summed E-state index contributed by atoms with van der Waals surface area (Å²) in [7, 11) is 0. The van der Waals surface area contributed by atoms with Crippen molar-refractivity contribution in [1.29, 1.82) is 0 Å². The summed E-state index contributed by atoms with van der Waals surface area (Å²) in [6.07, 6.45) is 0. The number of hydrogen-bond acceptors (Lipinski definition) is 0. The zero-order valence-electron chi connectivity index (χ0n) is 35.7. The fraction of sp³-hybridized carbons (Fsp3) is 0.286. The van der Waals surface area contributed by atoms with Gasteiger partial charge in [0.1, 0.15) is 0 Å². The van der Waals surface area contributed by atoms with Gasteiger partial charge in [-0.15, -0.1) is 0 Å². The molecular weight excluding hydrogens is 673 g/mol. The molecule has 0 spiro atoms. The molecule has 0 amide bonds. The largest absolute Gasteiger partial charge is 0.0579 e. The Bertz CT molecular complexity index is 2320. The first-order valence-corrected chi connectivity index (χ1v) is 20.5. The van der Waals surface area contributed by atoms with Crippen molar-refractivity contribution in [3.63, 3.8) is 0 Å². The van der Waals surface area contributed by atoms with Gasteiger partial charge in [0.2, 0.25) is 0 Å². The number of benzene rings is 8. The van der Waals surface area contributed by atoms with Crippen molar-refractivity contribution < 1.29 is 0 Å². The lowest BCUT2D eigenvalue weighted by atomic mass is 9.80. The third kappa shape index (κ3) is 6.72. The second-order valence-corrected chi connectivity index (χ2v) is 20.3. The van der Waals surface area contributed by atoms with E-state index in [-0.39, 0.29) is 21.7 Å². The molecule has 0 radical (unpaired) electrons. The molecular formula is C56H58. The van der Waals surface area contributed by atoms with E-state index >= 15 is 0 Å². The Hall–Kier alpha value is -5.20. The van der Waals surface area contributed by atoms with Crippen LogP contribution in [0.15, 0.2) is 133 Å². The lowest BCUT2D eigenvalue weighted by Crippen LogP contribution is -2.10. The molecule has 0 heteroatoms. The molecule has 8 aromatic carbocycles. The second kappa shape index (κ2) is 13.2. The van der Waals surface area contributed by atoms with E-state index in [1.807, 2.05) is 0 Å². The fourth-order valence-electron chi connectivity index (χ4n) is 8.55. The van der Waals surface area contributed by atoms with Gasteiger partial charge >= 0.3 is 0 Å². The molecule has 8 aromatic rings. The molecule has 8 rings (SSSR count). The van der Waals surface area contributed by atoms with Gasteiger partial charge in [-0.25, -0.2) is 0 Å². The van der Waals surface area contributed by atoms with Gasteiger partial charge in [0, 0.05) is 0 Å². The van der Waals surface area contributed by atoms with Crippen LogP contribution in [0.2, 0.25) is 0 Å². The van der Waals surface area contributed by atoms with Crippen molar-refractivity contribution in [2.24, 2.45) is 0 Å². The lowest BCUT2D eigenvalue weighted by molar-refractivity contribution is 0.590. The summed E-state index contributed by atoms with van der Waals surface area (Å²) in [4.78, 5) is 0. The molecule has 0 saturated carbocycles. The normalized spacial score (nSPS) is 13.0. The predicted molar refractivity (Wildman–Crippen MR) is 247 cm³/mol. The molecule has 0 heterocycles. The Balaban J connectivity index is 1.48. The van der Waals surface area contributed by atoms with Gasteiger partial charge in [-0.05, 0) is 133 Å². The van der Waals surface area contributed by atoms with Crippen molar-refractivity contribution in [3.8, 4) is 44.5 Å². The minimum atomic E-state index is 0.0874. The third-order valence-electron chi connectivity index (χ3n) is 12.1. The molecule has 0 saturated heterocycles. The summed E-state index contributed by atoms with van der Waals surface area (Å²) < 4.78 is 0. The SMILES string of the molecule is CC(C)(C)c1ccc(-c2cc(-c3ccc(C(C)(C)C)cc3)c3ccc4c(-c5ccc(C(C)(C)C)cc5)cc(-c5ccc(C(C)(C)C)cc5)c5ccc2c3c54)cc1. The lowest BCUT2D eigenvalue weighted by Gasteiger charge is -2.24. The minimum Gasteiger partial charge on any atom is -0.0579 e. The van der Waals surface area contributed by atoms with E-state index in [4.69, 9.17) is 0 Å². The molecule has 0 aliphatic heterocycles. The summed E-state index contributed by atoms with van der Waals surface area (Å²) >= 11 is 0. The van der Waals surface area contributed by atoms with E-state index in [0.717, 1.165) is 0 Å². The van der Waals surface area contributed by atoms with Crippen molar-refractivity contribution in [1.82, 2.24) is 0 Å². The molecule has 282 valence electrons. The average molecular weight is 731 g/mol. The highest BCUT2D eigenvalue weighted by Gasteiger charge is 2.23. The highest BCUT2D eigenvalue weighted by Crippen LogP contribution is 2.49. The van der Waals surface area contributed by atoms with E-state index in [0.29, 0.717) is 0 Å². The van der Waals surface area contributed by atoms with Gasteiger partial charge < -0.3 is 0 Å². The number of rotatable bonds is 4. The molecule has 0 aliphatic rings. The summed E-state index contributed by atoms with van der Waals surface area (Å²) in [5, 5.41) is 7.87. The molecule has 0 bridgehead atoms. The highest BCUT2D eigenvalue weighted by atomic mass is 14.3. The van der Waals surface area contributed by atoms with Crippen molar-refractivity contribution in [2.45, 2.75) is 105 Å². The monoisotopic (exact) mass is 730 g/mol. The van der Waals surface area contributed by atoms with Crippen LogP contribution in [0.5, 0.6) is 0 Å². The Labute approximate surface area is 336 Å². The Morgan fingerprint density at radius 3 is 0.571 bits per heavy atom. The smallest absolute Gasteiger partial charge is 0.00139 e. The molecule has 0 aliphatic carbocycles. The zero-order valence-corrected chi connectivity index (χ0v) is 35.7. The third-order valence-corrected chi connectivity index (χ3v) is 12.1. The van der Waals surface area contributed by atoms with E-state index in [9.17, 15) is 0 Å². The van der Waals surface area contributed by atoms with Gasteiger partial charge in [0.25, 0.3) is 0 Å². The Morgan fingerprint density at radius 2 is 0.411 bits per heavy atom. The minimum absolute atomic E-state index is 0.0874. The van der Waals surface area contributed by atoms with E-state index < -0.39 is 0 Å². The van der Waals surface area contributed by atoms with E-state index in [1.165, 1.54) is 99.1 Å². The molecule has 0 aromatic heterocycles. The maximum Gasteiger partial charge on any atom is -0.00139 e. The summed E-state index contributed by atoms with van der Waals surface area (Å²) in [5.74, 6) is 0. The van der Waals surface area contributed by atoms with Gasteiger partial charge in [-0.1, -0.05) is 204 Å². The van der Waals surface area contributed by atoms with Crippen LogP contribution in [0, 0.1) is 0 Å². The van der Waals surface area contributed by atoms with Crippen LogP contribution in [0.25, 0.3) is 76.8 Å². The van der Waals surface area contributed by atoms with Crippen molar-refractivity contribution in [2.75, 3.05) is 0 Å². The Morgan fingerprint density at radius 1 is 0.232 bits per heavy atom. The molecule has 0 fully saturated rings. The fourth-order valence-corrected chi connectivity index (χ4v) is 8.55. The molecule has 0 atom stereocenters. The van der Waals surface area contributed by atoms with Crippen LogP contribution < -0.4 is 0 Å². The van der Waals surface area contributed by atoms with E-state index in [1.54, 1.807) is 0 Å². The first-order chi connectivity index (χ1) is 26.3. The molecule has 0 N–H and O–H groups in total. The van der Waals surface area contributed by atoms with E-state index in [2.05, 4.69) is 217 Å². The van der Waals surface area contributed by atoms with Gasteiger partial charge in [-0.2, -0.15) is 0 Å².